The van der Waals surface area contributed by atoms with Gasteiger partial charge >= 0.3 is 5.97 Å². The molecule has 4 nitrogen and oxygen atoms in total. The van der Waals surface area contributed by atoms with E-state index in [1.165, 1.54) is 11.8 Å². The van der Waals surface area contributed by atoms with Gasteiger partial charge in [-0.05, 0) is 37.8 Å². The third-order valence-electron chi connectivity index (χ3n) is 2.66. The van der Waals surface area contributed by atoms with Crippen LogP contribution in [0.15, 0.2) is 35.5 Å². The number of benzene rings is 1. The molecule has 0 unspecified atom stereocenters. The zero-order chi connectivity index (χ0) is 13.8. The number of rotatable bonds is 4. The number of hydrogen-bond donors (Lipinski definition) is 0. The molecule has 0 aliphatic carbocycles. The van der Waals surface area contributed by atoms with E-state index >= 15 is 0 Å². The highest BCUT2D eigenvalue weighted by molar-refractivity contribution is 7.98. The number of carbonyl (C=O) groups excluding carboxylic acids is 1. The van der Waals surface area contributed by atoms with Gasteiger partial charge < -0.3 is 4.74 Å². The first-order valence-electron chi connectivity index (χ1n) is 6.03. The number of ether oxygens (including phenoxy) is 1. The van der Waals surface area contributed by atoms with Gasteiger partial charge in [0.25, 0.3) is 0 Å². The predicted molar refractivity (Wildman–Crippen MR) is 76.0 cm³/mol. The molecule has 1 heterocycles. The number of carbonyl (C=O) groups is 1. The molecule has 1 aromatic heterocycles. The van der Waals surface area contributed by atoms with Crippen molar-refractivity contribution in [2.45, 2.75) is 18.9 Å². The molecular formula is C14H16N2O2S. The number of esters is 1. The Morgan fingerprint density at radius 3 is 2.89 bits per heavy atom. The van der Waals surface area contributed by atoms with Crippen LogP contribution in [0.25, 0.3) is 5.69 Å². The molecule has 2 aromatic rings. The van der Waals surface area contributed by atoms with E-state index in [1.54, 1.807) is 17.8 Å². The van der Waals surface area contributed by atoms with E-state index in [4.69, 9.17) is 4.74 Å². The minimum Gasteiger partial charge on any atom is -0.462 e. The molecule has 0 saturated heterocycles. The van der Waals surface area contributed by atoms with Gasteiger partial charge in [-0.2, -0.15) is 5.10 Å². The standard InChI is InChI=1S/C14H16N2O2S/c1-4-18-14(17)12-9-15-16(13(12)19-3)11-7-5-6-10(2)8-11/h5-9H,4H2,1-3H3. The van der Waals surface area contributed by atoms with Crippen molar-refractivity contribution in [2.75, 3.05) is 12.9 Å². The third kappa shape index (κ3) is 2.81. The van der Waals surface area contributed by atoms with Crippen molar-refractivity contribution in [3.63, 3.8) is 0 Å². The van der Waals surface area contributed by atoms with Crippen molar-refractivity contribution in [2.24, 2.45) is 0 Å². The number of thioether (sulfide) groups is 1. The first kappa shape index (κ1) is 13.7. The maximum Gasteiger partial charge on any atom is 0.342 e. The Hall–Kier alpha value is -1.75. The van der Waals surface area contributed by atoms with Gasteiger partial charge in [0.05, 0.1) is 18.5 Å². The summed E-state index contributed by atoms with van der Waals surface area (Å²) < 4.78 is 6.81. The Bertz CT molecular complexity index is 593. The zero-order valence-electron chi connectivity index (χ0n) is 11.2. The summed E-state index contributed by atoms with van der Waals surface area (Å²) in [6.07, 6.45) is 3.48. The summed E-state index contributed by atoms with van der Waals surface area (Å²) in [4.78, 5) is 11.8. The molecule has 0 aliphatic rings. The summed E-state index contributed by atoms with van der Waals surface area (Å²) >= 11 is 1.48. The highest BCUT2D eigenvalue weighted by Crippen LogP contribution is 2.24. The number of aryl methyl sites for hydroxylation is 1. The minimum absolute atomic E-state index is 0.328. The van der Waals surface area contributed by atoms with Crippen LogP contribution in [0, 0.1) is 6.92 Å². The molecule has 0 bridgehead atoms. The molecular weight excluding hydrogens is 260 g/mol. The van der Waals surface area contributed by atoms with Crippen LogP contribution in [0.4, 0.5) is 0 Å². The molecule has 0 radical (unpaired) electrons. The molecule has 5 heteroatoms. The van der Waals surface area contributed by atoms with E-state index in [2.05, 4.69) is 5.10 Å². The monoisotopic (exact) mass is 276 g/mol. The van der Waals surface area contributed by atoms with Gasteiger partial charge in [-0.1, -0.05) is 12.1 Å². The Morgan fingerprint density at radius 2 is 2.26 bits per heavy atom. The van der Waals surface area contributed by atoms with Crippen LogP contribution in [0.1, 0.15) is 22.8 Å². The molecule has 0 fully saturated rings. The molecule has 0 atom stereocenters. The van der Waals surface area contributed by atoms with E-state index in [1.807, 2.05) is 37.4 Å². The predicted octanol–water partition coefficient (Wildman–Crippen LogP) is 3.08. The van der Waals surface area contributed by atoms with Crippen LogP contribution >= 0.6 is 11.8 Å². The molecule has 2 rings (SSSR count). The molecule has 0 aliphatic heterocycles. The van der Waals surface area contributed by atoms with Crippen molar-refractivity contribution in [1.82, 2.24) is 9.78 Å². The molecule has 19 heavy (non-hydrogen) atoms. The summed E-state index contributed by atoms with van der Waals surface area (Å²) in [6.45, 7) is 4.18. The smallest absolute Gasteiger partial charge is 0.342 e. The van der Waals surface area contributed by atoms with Crippen molar-refractivity contribution in [3.05, 3.63) is 41.6 Å². The Kier molecular flexibility index (Phi) is 4.27. The van der Waals surface area contributed by atoms with E-state index < -0.39 is 0 Å². The normalized spacial score (nSPS) is 10.5. The fourth-order valence-electron chi connectivity index (χ4n) is 1.83. The number of nitrogens with zero attached hydrogens (tertiary/aromatic N) is 2. The van der Waals surface area contributed by atoms with Crippen molar-refractivity contribution >= 4 is 17.7 Å². The number of aromatic nitrogens is 2. The second-order valence-corrected chi connectivity index (χ2v) is 4.83. The first-order chi connectivity index (χ1) is 9.17. The molecule has 0 amide bonds. The van der Waals surface area contributed by atoms with Crippen LogP contribution in [-0.2, 0) is 4.74 Å². The van der Waals surface area contributed by atoms with Gasteiger partial charge in [-0.3, -0.25) is 0 Å². The lowest BCUT2D eigenvalue weighted by Gasteiger charge is -2.07. The SMILES string of the molecule is CCOC(=O)c1cnn(-c2cccc(C)c2)c1SC. The van der Waals surface area contributed by atoms with Crippen LogP contribution in [0.5, 0.6) is 0 Å². The molecule has 0 N–H and O–H groups in total. The van der Waals surface area contributed by atoms with Gasteiger partial charge in [0, 0.05) is 0 Å². The molecule has 1 aromatic carbocycles. The van der Waals surface area contributed by atoms with Gasteiger partial charge in [0.15, 0.2) is 0 Å². The highest BCUT2D eigenvalue weighted by atomic mass is 32.2. The molecule has 100 valence electrons. The summed E-state index contributed by atoms with van der Waals surface area (Å²) in [5.74, 6) is -0.328. The van der Waals surface area contributed by atoms with Gasteiger partial charge in [0.2, 0.25) is 0 Å². The Balaban J connectivity index is 2.45. The van der Waals surface area contributed by atoms with Crippen LogP contribution in [0.2, 0.25) is 0 Å². The van der Waals surface area contributed by atoms with E-state index in [0.717, 1.165) is 16.3 Å². The number of hydrogen-bond acceptors (Lipinski definition) is 4. The maximum atomic E-state index is 11.8. The minimum atomic E-state index is -0.328. The van der Waals surface area contributed by atoms with Gasteiger partial charge in [-0.25, -0.2) is 9.48 Å². The lowest BCUT2D eigenvalue weighted by molar-refractivity contribution is 0.0522. The average molecular weight is 276 g/mol. The summed E-state index contributed by atoms with van der Waals surface area (Å²) in [5, 5.41) is 5.09. The zero-order valence-corrected chi connectivity index (χ0v) is 12.0. The van der Waals surface area contributed by atoms with Crippen molar-refractivity contribution in [1.29, 1.82) is 0 Å². The highest BCUT2D eigenvalue weighted by Gasteiger charge is 2.18. The van der Waals surface area contributed by atoms with E-state index in [-0.39, 0.29) is 5.97 Å². The Morgan fingerprint density at radius 1 is 1.47 bits per heavy atom. The van der Waals surface area contributed by atoms with Crippen LogP contribution < -0.4 is 0 Å². The van der Waals surface area contributed by atoms with Crippen LogP contribution in [-0.4, -0.2) is 28.6 Å². The maximum absolute atomic E-state index is 11.8. The molecule has 0 saturated carbocycles. The topological polar surface area (TPSA) is 44.1 Å². The van der Waals surface area contributed by atoms with Gasteiger partial charge in [-0.15, -0.1) is 11.8 Å². The van der Waals surface area contributed by atoms with Gasteiger partial charge in [0.1, 0.15) is 10.6 Å². The Labute approximate surface area is 116 Å². The van der Waals surface area contributed by atoms with Crippen molar-refractivity contribution < 1.29 is 9.53 Å². The summed E-state index contributed by atoms with van der Waals surface area (Å²) in [5.41, 5.74) is 2.61. The van der Waals surface area contributed by atoms with E-state index in [0.29, 0.717) is 12.2 Å². The fraction of sp³-hybridized carbons (Fsp3) is 0.286. The third-order valence-corrected chi connectivity index (χ3v) is 3.44. The van der Waals surface area contributed by atoms with Crippen molar-refractivity contribution in [3.8, 4) is 5.69 Å². The molecule has 0 spiro atoms. The average Bonchev–Trinajstić information content (AvgIpc) is 2.82. The van der Waals surface area contributed by atoms with E-state index in [9.17, 15) is 4.79 Å². The quantitative estimate of drug-likeness (QED) is 0.636. The summed E-state index contributed by atoms with van der Waals surface area (Å²) in [6, 6.07) is 7.99. The second-order valence-electron chi connectivity index (χ2n) is 4.04. The first-order valence-corrected chi connectivity index (χ1v) is 7.26. The lowest BCUT2D eigenvalue weighted by atomic mass is 10.2. The fourth-order valence-corrected chi connectivity index (χ4v) is 2.51. The second kappa shape index (κ2) is 5.93. The largest absolute Gasteiger partial charge is 0.462 e. The van der Waals surface area contributed by atoms with Crippen LogP contribution in [0.3, 0.4) is 0 Å². The summed E-state index contributed by atoms with van der Waals surface area (Å²) in [7, 11) is 0. The lowest BCUT2D eigenvalue weighted by Crippen LogP contribution is -2.06.